The molecule has 0 unspecified atom stereocenters. The summed E-state index contributed by atoms with van der Waals surface area (Å²) in [7, 11) is 0. The number of benzene rings is 1. The highest BCUT2D eigenvalue weighted by Gasteiger charge is 2.14. The summed E-state index contributed by atoms with van der Waals surface area (Å²) in [4.78, 5) is 4.73. The Labute approximate surface area is 99.6 Å². The molecule has 1 nitrogen and oxygen atoms in total. The average Bonchev–Trinajstić information content (AvgIpc) is 2.20. The molecule has 0 aliphatic rings. The lowest BCUT2D eigenvalue weighted by Gasteiger charge is -2.20. The van der Waals surface area contributed by atoms with Gasteiger partial charge in [0.2, 0.25) is 0 Å². The van der Waals surface area contributed by atoms with E-state index in [1.165, 1.54) is 11.1 Å². The van der Waals surface area contributed by atoms with Gasteiger partial charge in [-0.2, -0.15) is 0 Å². The van der Waals surface area contributed by atoms with Gasteiger partial charge in [-0.05, 0) is 29.9 Å². The third-order valence-corrected chi connectivity index (χ3v) is 2.94. The van der Waals surface area contributed by atoms with Gasteiger partial charge in [0, 0.05) is 6.21 Å². The summed E-state index contributed by atoms with van der Waals surface area (Å²) in [6.45, 7) is 11.1. The molecule has 0 aliphatic carbocycles. The van der Waals surface area contributed by atoms with E-state index >= 15 is 0 Å². The van der Waals surface area contributed by atoms with E-state index in [1.54, 1.807) is 0 Å². The van der Waals surface area contributed by atoms with Crippen molar-refractivity contribution >= 4 is 6.21 Å². The molecule has 1 heteroatoms. The van der Waals surface area contributed by atoms with Gasteiger partial charge in [-0.15, -0.1) is 0 Å². The molecule has 1 rings (SSSR count). The van der Waals surface area contributed by atoms with E-state index in [4.69, 9.17) is 4.99 Å². The topological polar surface area (TPSA) is 12.4 Å². The van der Waals surface area contributed by atoms with E-state index in [0.29, 0.717) is 17.9 Å². The Morgan fingerprint density at radius 3 is 2.06 bits per heavy atom. The van der Waals surface area contributed by atoms with Crippen LogP contribution >= 0.6 is 0 Å². The molecule has 0 fully saturated rings. The first kappa shape index (κ1) is 13.0. The van der Waals surface area contributed by atoms with E-state index in [1.807, 2.05) is 6.21 Å². The number of hydrogen-bond acceptors (Lipinski definition) is 1. The second kappa shape index (κ2) is 5.83. The lowest BCUT2D eigenvalue weighted by molar-refractivity contribution is 0.390. The van der Waals surface area contributed by atoms with Gasteiger partial charge in [-0.25, -0.2) is 0 Å². The number of aliphatic imine (C=N–C) groups is 1. The maximum absolute atomic E-state index is 4.73. The lowest BCUT2D eigenvalue weighted by Crippen LogP contribution is -2.20. The molecule has 0 heterocycles. The van der Waals surface area contributed by atoms with Crippen LogP contribution in [0.4, 0.5) is 0 Å². The second-order valence-corrected chi connectivity index (χ2v) is 5.11. The first-order chi connectivity index (χ1) is 7.52. The van der Waals surface area contributed by atoms with E-state index in [-0.39, 0.29) is 0 Å². The predicted molar refractivity (Wildman–Crippen MR) is 72.2 cm³/mol. The fourth-order valence-corrected chi connectivity index (χ4v) is 2.01. The molecule has 16 heavy (non-hydrogen) atoms. The van der Waals surface area contributed by atoms with Crippen LogP contribution in [0.2, 0.25) is 0 Å². The van der Waals surface area contributed by atoms with Gasteiger partial charge in [-0.3, -0.25) is 4.99 Å². The highest BCUT2D eigenvalue weighted by molar-refractivity contribution is 5.81. The number of aryl methyl sites for hydroxylation is 1. The van der Waals surface area contributed by atoms with Gasteiger partial charge in [0.1, 0.15) is 0 Å². The van der Waals surface area contributed by atoms with Crippen LogP contribution in [-0.4, -0.2) is 12.3 Å². The monoisotopic (exact) mass is 217 g/mol. The highest BCUT2D eigenvalue weighted by Crippen LogP contribution is 2.16. The Hall–Kier alpha value is -1.11. The molecule has 1 aromatic carbocycles. The molecule has 0 atom stereocenters. The van der Waals surface area contributed by atoms with E-state index in [9.17, 15) is 0 Å². The standard InChI is InChI=1S/C15H23N/c1-11(2)15(12(3)4)16-10-14-9-7-6-8-13(14)5/h6-12,15H,1-5H3. The maximum Gasteiger partial charge on any atom is 0.0545 e. The van der Waals surface area contributed by atoms with E-state index in [2.05, 4.69) is 58.9 Å². The van der Waals surface area contributed by atoms with Crippen molar-refractivity contribution in [3.8, 4) is 0 Å². The van der Waals surface area contributed by atoms with Crippen LogP contribution in [0, 0.1) is 18.8 Å². The highest BCUT2D eigenvalue weighted by atomic mass is 14.8. The van der Waals surface area contributed by atoms with Crippen molar-refractivity contribution in [2.45, 2.75) is 40.7 Å². The Morgan fingerprint density at radius 2 is 1.56 bits per heavy atom. The van der Waals surface area contributed by atoms with Crippen LogP contribution in [0.15, 0.2) is 29.3 Å². The first-order valence-corrected chi connectivity index (χ1v) is 6.11. The Balaban J connectivity index is 2.83. The largest absolute Gasteiger partial charge is 0.289 e. The third kappa shape index (κ3) is 3.48. The van der Waals surface area contributed by atoms with Crippen molar-refractivity contribution in [3.05, 3.63) is 35.4 Å². The lowest BCUT2D eigenvalue weighted by atomic mass is 9.94. The summed E-state index contributed by atoms with van der Waals surface area (Å²) < 4.78 is 0. The average molecular weight is 217 g/mol. The minimum Gasteiger partial charge on any atom is -0.289 e. The predicted octanol–water partition coefficient (Wildman–Crippen LogP) is 4.09. The van der Waals surface area contributed by atoms with Gasteiger partial charge in [0.15, 0.2) is 0 Å². The Bertz CT molecular complexity index is 342. The second-order valence-electron chi connectivity index (χ2n) is 5.11. The van der Waals surface area contributed by atoms with Gasteiger partial charge in [0.05, 0.1) is 6.04 Å². The number of hydrogen-bond donors (Lipinski definition) is 0. The summed E-state index contributed by atoms with van der Waals surface area (Å²) in [5.41, 5.74) is 2.52. The summed E-state index contributed by atoms with van der Waals surface area (Å²) in [5, 5.41) is 0. The van der Waals surface area contributed by atoms with Gasteiger partial charge >= 0.3 is 0 Å². The van der Waals surface area contributed by atoms with E-state index < -0.39 is 0 Å². The van der Waals surface area contributed by atoms with Crippen LogP contribution < -0.4 is 0 Å². The zero-order valence-corrected chi connectivity index (χ0v) is 11.1. The number of rotatable bonds is 4. The van der Waals surface area contributed by atoms with Crippen molar-refractivity contribution in [1.82, 2.24) is 0 Å². The molecular weight excluding hydrogens is 194 g/mol. The van der Waals surface area contributed by atoms with Crippen LogP contribution in [-0.2, 0) is 0 Å². The Morgan fingerprint density at radius 1 is 1.00 bits per heavy atom. The van der Waals surface area contributed by atoms with Crippen molar-refractivity contribution in [1.29, 1.82) is 0 Å². The molecule has 0 radical (unpaired) electrons. The zero-order chi connectivity index (χ0) is 12.1. The summed E-state index contributed by atoms with van der Waals surface area (Å²) in [5.74, 6) is 1.19. The van der Waals surface area contributed by atoms with Crippen molar-refractivity contribution in [3.63, 3.8) is 0 Å². The number of nitrogens with zero attached hydrogens (tertiary/aromatic N) is 1. The molecule has 0 amide bonds. The third-order valence-electron chi connectivity index (χ3n) is 2.94. The normalized spacial score (nSPS) is 12.2. The van der Waals surface area contributed by atoms with Crippen LogP contribution in [0.1, 0.15) is 38.8 Å². The van der Waals surface area contributed by atoms with Gasteiger partial charge in [-0.1, -0.05) is 52.0 Å². The van der Waals surface area contributed by atoms with Crippen molar-refractivity contribution in [2.75, 3.05) is 0 Å². The SMILES string of the molecule is Cc1ccccc1C=NC(C(C)C)C(C)C. The fourth-order valence-electron chi connectivity index (χ4n) is 2.01. The van der Waals surface area contributed by atoms with Crippen LogP contribution in [0.25, 0.3) is 0 Å². The maximum atomic E-state index is 4.73. The van der Waals surface area contributed by atoms with Crippen LogP contribution in [0.3, 0.4) is 0 Å². The van der Waals surface area contributed by atoms with Gasteiger partial charge in [0.25, 0.3) is 0 Å². The summed E-state index contributed by atoms with van der Waals surface area (Å²) in [6, 6.07) is 8.79. The molecular formula is C15H23N. The summed E-state index contributed by atoms with van der Waals surface area (Å²) >= 11 is 0. The quantitative estimate of drug-likeness (QED) is 0.673. The summed E-state index contributed by atoms with van der Waals surface area (Å²) in [6.07, 6.45) is 2.03. The van der Waals surface area contributed by atoms with E-state index in [0.717, 1.165) is 0 Å². The fraction of sp³-hybridized carbons (Fsp3) is 0.533. The molecule has 0 N–H and O–H groups in total. The molecule has 0 saturated heterocycles. The minimum absolute atomic E-state index is 0.416. The first-order valence-electron chi connectivity index (χ1n) is 6.11. The smallest absolute Gasteiger partial charge is 0.0545 e. The Kier molecular flexibility index (Phi) is 4.72. The molecule has 0 spiro atoms. The van der Waals surface area contributed by atoms with Crippen molar-refractivity contribution in [2.24, 2.45) is 16.8 Å². The molecule has 88 valence electrons. The minimum atomic E-state index is 0.416. The zero-order valence-electron chi connectivity index (χ0n) is 11.1. The van der Waals surface area contributed by atoms with Crippen molar-refractivity contribution < 1.29 is 0 Å². The molecule has 1 aromatic rings. The molecule has 0 bridgehead atoms. The molecule has 0 saturated carbocycles. The molecule has 0 aliphatic heterocycles. The van der Waals surface area contributed by atoms with Gasteiger partial charge < -0.3 is 0 Å². The molecule has 0 aromatic heterocycles. The van der Waals surface area contributed by atoms with Crippen LogP contribution in [0.5, 0.6) is 0 Å².